The predicted octanol–water partition coefficient (Wildman–Crippen LogP) is 3.89. The highest BCUT2D eigenvalue weighted by atomic mass is 19.4. The van der Waals surface area contributed by atoms with Gasteiger partial charge in [-0.25, -0.2) is 10.3 Å². The van der Waals surface area contributed by atoms with Crippen molar-refractivity contribution in [1.29, 1.82) is 5.26 Å². The second kappa shape index (κ2) is 11.6. The van der Waals surface area contributed by atoms with Gasteiger partial charge < -0.3 is 4.90 Å². The molecule has 3 amide bonds. The summed E-state index contributed by atoms with van der Waals surface area (Å²) in [5, 5.41) is 25.7. The lowest BCUT2D eigenvalue weighted by atomic mass is 10.0. The van der Waals surface area contributed by atoms with Gasteiger partial charge in [-0.2, -0.15) is 18.4 Å². The van der Waals surface area contributed by atoms with Crippen molar-refractivity contribution in [2.45, 2.75) is 70.6 Å². The number of carbonyl (C=O) groups excluding carboxylic acids is 2. The lowest BCUT2D eigenvalue weighted by molar-refractivity contribution is -0.137. The molecule has 0 unspecified atom stereocenters. The average Bonchev–Trinajstić information content (AvgIpc) is 3.39. The summed E-state index contributed by atoms with van der Waals surface area (Å²) in [5.74, 6) is -0.426. The molecule has 3 rings (SSSR count). The molecule has 2 heterocycles. The second-order valence-electron chi connectivity index (χ2n) is 9.59. The van der Waals surface area contributed by atoms with Crippen LogP contribution in [0.15, 0.2) is 24.4 Å². The van der Waals surface area contributed by atoms with Gasteiger partial charge in [-0.15, -0.1) is 5.10 Å². The Kier molecular flexibility index (Phi) is 8.75. The van der Waals surface area contributed by atoms with Crippen LogP contribution in [0.1, 0.15) is 62.8 Å². The summed E-state index contributed by atoms with van der Waals surface area (Å²) in [6.45, 7) is 5.00. The fraction of sp³-hybridized carbons (Fsp3) is 0.542. The number of aromatic nitrogens is 3. The fourth-order valence-corrected chi connectivity index (χ4v) is 4.33. The normalized spacial score (nSPS) is 15.2. The number of hydrogen-bond donors (Lipinski definition) is 2. The minimum absolute atomic E-state index is 0.112. The van der Waals surface area contributed by atoms with Crippen molar-refractivity contribution < 1.29 is 28.0 Å². The number of rotatable bonds is 11. The van der Waals surface area contributed by atoms with E-state index in [1.54, 1.807) is 21.1 Å². The topological polar surface area (TPSA) is 127 Å². The number of unbranched alkanes of at least 4 members (excludes halogenated alkanes) is 2. The van der Waals surface area contributed by atoms with Crippen molar-refractivity contribution >= 4 is 17.6 Å². The van der Waals surface area contributed by atoms with Crippen molar-refractivity contribution in [2.75, 3.05) is 18.0 Å². The van der Waals surface area contributed by atoms with E-state index in [2.05, 4.69) is 10.3 Å². The van der Waals surface area contributed by atoms with Crippen LogP contribution in [0.25, 0.3) is 0 Å². The third kappa shape index (κ3) is 6.97. The van der Waals surface area contributed by atoms with Crippen LogP contribution in [0.5, 0.6) is 0 Å². The number of nitrogens with zero attached hydrogens (tertiary/aromatic N) is 6. The first kappa shape index (κ1) is 27.9. The zero-order chi connectivity index (χ0) is 27.2. The van der Waals surface area contributed by atoms with Crippen LogP contribution in [0.4, 0.5) is 23.7 Å². The van der Waals surface area contributed by atoms with E-state index in [4.69, 9.17) is 10.5 Å². The van der Waals surface area contributed by atoms with Gasteiger partial charge in [-0.3, -0.25) is 19.6 Å². The van der Waals surface area contributed by atoms with Gasteiger partial charge in [-0.1, -0.05) is 5.21 Å². The van der Waals surface area contributed by atoms with Crippen molar-refractivity contribution in [3.8, 4) is 6.07 Å². The van der Waals surface area contributed by atoms with Gasteiger partial charge in [0.05, 0.1) is 35.0 Å². The molecular formula is C24H30F3N7O3. The summed E-state index contributed by atoms with van der Waals surface area (Å²) in [6.07, 6.45) is 0.761. The van der Waals surface area contributed by atoms with E-state index in [1.807, 2.05) is 20.0 Å². The molecule has 0 bridgehead atoms. The number of benzene rings is 1. The summed E-state index contributed by atoms with van der Waals surface area (Å²) in [7, 11) is 0. The molecule has 0 atom stereocenters. The quantitative estimate of drug-likeness (QED) is 0.262. The minimum atomic E-state index is -4.70. The molecule has 0 saturated carbocycles. The standard InChI is InChI=1S/C24H30F3N7O3/c1-23(2)16-33(19-10-9-17(14-28)20(13-19)24(25,26)27)22(36)34(23)12-6-3-7-18-15-32(31-29-18)11-5-4-8-21(35)30-37/h9-10,13,15,37H,3-8,11-12,16H2,1-2H3,(H,30,35). The summed E-state index contributed by atoms with van der Waals surface area (Å²) in [4.78, 5) is 27.1. The average molecular weight is 522 g/mol. The zero-order valence-corrected chi connectivity index (χ0v) is 20.8. The Balaban J connectivity index is 1.53. The molecule has 0 radical (unpaired) electrons. The van der Waals surface area contributed by atoms with Crippen LogP contribution in [0.3, 0.4) is 0 Å². The molecule has 2 aromatic rings. The molecule has 1 aromatic heterocycles. The molecule has 0 aliphatic carbocycles. The maximum atomic E-state index is 13.4. The van der Waals surface area contributed by atoms with Crippen LogP contribution in [0, 0.1) is 11.3 Å². The first-order valence-electron chi connectivity index (χ1n) is 12.0. The summed E-state index contributed by atoms with van der Waals surface area (Å²) in [6, 6.07) is 4.52. The number of aryl methyl sites for hydroxylation is 2. The number of amides is 3. The first-order valence-corrected chi connectivity index (χ1v) is 12.0. The van der Waals surface area contributed by atoms with Gasteiger partial charge in [0.1, 0.15) is 0 Å². The lowest BCUT2D eigenvalue weighted by Crippen LogP contribution is -2.42. The van der Waals surface area contributed by atoms with Crippen LogP contribution in [-0.4, -0.2) is 55.7 Å². The molecule has 1 aliphatic rings. The fourth-order valence-electron chi connectivity index (χ4n) is 4.33. The maximum Gasteiger partial charge on any atom is 0.417 e. The Hall–Kier alpha value is -3.66. The summed E-state index contributed by atoms with van der Waals surface area (Å²) in [5.41, 5.74) is 0.390. The molecule has 37 heavy (non-hydrogen) atoms. The van der Waals surface area contributed by atoms with E-state index < -0.39 is 28.7 Å². The number of anilines is 1. The third-order valence-corrected chi connectivity index (χ3v) is 6.29. The number of hydrogen-bond acceptors (Lipinski definition) is 6. The van der Waals surface area contributed by atoms with Crippen molar-refractivity contribution in [1.82, 2.24) is 25.4 Å². The molecule has 1 saturated heterocycles. The van der Waals surface area contributed by atoms with Gasteiger partial charge in [0.25, 0.3) is 0 Å². The number of carbonyl (C=O) groups is 2. The molecule has 2 N–H and O–H groups in total. The van der Waals surface area contributed by atoms with Crippen molar-refractivity contribution in [3.05, 3.63) is 41.2 Å². The zero-order valence-electron chi connectivity index (χ0n) is 20.8. The van der Waals surface area contributed by atoms with Crippen LogP contribution in [-0.2, 0) is 23.9 Å². The smallest absolute Gasteiger partial charge is 0.317 e. The number of nitriles is 1. The number of urea groups is 1. The van der Waals surface area contributed by atoms with Crippen LogP contribution >= 0.6 is 0 Å². The van der Waals surface area contributed by atoms with E-state index in [-0.39, 0.29) is 24.7 Å². The predicted molar refractivity (Wildman–Crippen MR) is 126 cm³/mol. The van der Waals surface area contributed by atoms with E-state index in [0.29, 0.717) is 38.8 Å². The van der Waals surface area contributed by atoms with Crippen LogP contribution < -0.4 is 10.4 Å². The second-order valence-corrected chi connectivity index (χ2v) is 9.59. The summed E-state index contributed by atoms with van der Waals surface area (Å²) < 4.78 is 41.9. The SMILES string of the molecule is CC1(C)CN(c2ccc(C#N)c(C(F)(F)F)c2)C(=O)N1CCCCc1cn(CCCCC(=O)NO)nn1. The Morgan fingerprint density at radius 1 is 1.22 bits per heavy atom. The Morgan fingerprint density at radius 3 is 2.62 bits per heavy atom. The highest BCUT2D eigenvalue weighted by molar-refractivity contribution is 5.95. The number of alkyl halides is 3. The van der Waals surface area contributed by atoms with E-state index in [0.717, 1.165) is 24.2 Å². The van der Waals surface area contributed by atoms with Crippen molar-refractivity contribution in [3.63, 3.8) is 0 Å². The van der Waals surface area contributed by atoms with Gasteiger partial charge in [0.2, 0.25) is 5.91 Å². The molecule has 10 nitrogen and oxygen atoms in total. The van der Waals surface area contributed by atoms with Gasteiger partial charge in [-0.05, 0) is 64.2 Å². The molecule has 200 valence electrons. The molecule has 1 aromatic carbocycles. The molecule has 1 aliphatic heterocycles. The Morgan fingerprint density at radius 2 is 1.95 bits per heavy atom. The van der Waals surface area contributed by atoms with E-state index in [1.165, 1.54) is 11.0 Å². The maximum absolute atomic E-state index is 13.4. The number of halogens is 3. The largest absolute Gasteiger partial charge is 0.417 e. The van der Waals surface area contributed by atoms with Gasteiger partial charge >= 0.3 is 12.2 Å². The number of nitrogens with one attached hydrogen (secondary N) is 1. The Labute approximate surface area is 212 Å². The number of hydroxylamine groups is 1. The Bertz CT molecular complexity index is 1160. The van der Waals surface area contributed by atoms with E-state index >= 15 is 0 Å². The molecule has 0 spiro atoms. The highest BCUT2D eigenvalue weighted by Gasteiger charge is 2.44. The van der Waals surface area contributed by atoms with Crippen LogP contribution in [0.2, 0.25) is 0 Å². The minimum Gasteiger partial charge on any atom is -0.317 e. The molecule has 1 fully saturated rings. The molecule has 13 heteroatoms. The first-order chi connectivity index (χ1) is 17.5. The highest BCUT2D eigenvalue weighted by Crippen LogP contribution is 2.37. The monoisotopic (exact) mass is 521 g/mol. The summed E-state index contributed by atoms with van der Waals surface area (Å²) >= 11 is 0. The molecular weight excluding hydrogens is 491 g/mol. The van der Waals surface area contributed by atoms with E-state index in [9.17, 15) is 22.8 Å². The van der Waals surface area contributed by atoms with Crippen molar-refractivity contribution in [2.24, 2.45) is 0 Å². The third-order valence-electron chi connectivity index (χ3n) is 6.29. The lowest BCUT2D eigenvalue weighted by Gasteiger charge is -2.29. The van der Waals surface area contributed by atoms with Gasteiger partial charge in [0.15, 0.2) is 0 Å². The van der Waals surface area contributed by atoms with Gasteiger partial charge in [0, 0.05) is 31.4 Å².